The third kappa shape index (κ3) is 1.97. The lowest BCUT2D eigenvalue weighted by Gasteiger charge is -2.13. The summed E-state index contributed by atoms with van der Waals surface area (Å²) < 4.78 is 0. The largest absolute Gasteiger partial charge is 0.465 e. The van der Waals surface area contributed by atoms with Crippen LogP contribution in [0.4, 0.5) is 4.79 Å². The lowest BCUT2D eigenvalue weighted by Crippen LogP contribution is -2.38. The Balaban J connectivity index is 1.77. The molecule has 2 amide bonds. The summed E-state index contributed by atoms with van der Waals surface area (Å²) in [7, 11) is 0. The van der Waals surface area contributed by atoms with E-state index < -0.39 is 6.09 Å². The van der Waals surface area contributed by atoms with Gasteiger partial charge in [0.25, 0.3) is 0 Å². The number of nitrogens with one attached hydrogen (secondary N) is 1. The van der Waals surface area contributed by atoms with Gasteiger partial charge >= 0.3 is 6.09 Å². The van der Waals surface area contributed by atoms with Crippen LogP contribution >= 0.6 is 0 Å². The molecule has 0 spiro atoms. The van der Waals surface area contributed by atoms with Gasteiger partial charge in [-0.3, -0.25) is 4.79 Å². The minimum absolute atomic E-state index is 0.0270. The van der Waals surface area contributed by atoms with Crippen molar-refractivity contribution < 1.29 is 14.7 Å². The van der Waals surface area contributed by atoms with E-state index in [2.05, 4.69) is 5.32 Å². The summed E-state index contributed by atoms with van der Waals surface area (Å²) >= 11 is 0. The molecule has 2 rings (SSSR count). The molecule has 2 fully saturated rings. The van der Waals surface area contributed by atoms with E-state index >= 15 is 0 Å². The summed E-state index contributed by atoms with van der Waals surface area (Å²) in [6, 6.07) is 0.0270. The van der Waals surface area contributed by atoms with Crippen LogP contribution < -0.4 is 5.32 Å². The minimum atomic E-state index is -0.895. The molecule has 0 aromatic rings. The highest BCUT2D eigenvalue weighted by Gasteiger charge is 2.33. The first-order valence-corrected chi connectivity index (χ1v) is 4.95. The van der Waals surface area contributed by atoms with Gasteiger partial charge in [-0.15, -0.1) is 0 Å². The average molecular weight is 198 g/mol. The summed E-state index contributed by atoms with van der Waals surface area (Å²) in [6.45, 7) is 0.971. The zero-order valence-corrected chi connectivity index (χ0v) is 7.90. The normalized spacial score (nSPS) is 26.3. The molecule has 1 aliphatic heterocycles. The first kappa shape index (κ1) is 9.30. The molecule has 1 aliphatic carbocycles. The van der Waals surface area contributed by atoms with Crippen molar-refractivity contribution >= 4 is 12.0 Å². The van der Waals surface area contributed by atoms with Gasteiger partial charge in [0.2, 0.25) is 5.91 Å². The number of hydrogen-bond donors (Lipinski definition) is 2. The van der Waals surface area contributed by atoms with Crippen LogP contribution in [0.2, 0.25) is 0 Å². The zero-order chi connectivity index (χ0) is 10.1. The predicted octanol–water partition coefficient (Wildman–Crippen LogP) is 0.265. The van der Waals surface area contributed by atoms with Crippen molar-refractivity contribution in [3.05, 3.63) is 0 Å². The third-order valence-corrected chi connectivity index (χ3v) is 2.75. The van der Waals surface area contributed by atoms with Crippen molar-refractivity contribution in [1.82, 2.24) is 10.2 Å². The molecule has 0 radical (unpaired) electrons. The molecular formula is C9H14N2O3. The van der Waals surface area contributed by atoms with Gasteiger partial charge in [-0.2, -0.15) is 0 Å². The van der Waals surface area contributed by atoms with Crippen molar-refractivity contribution in [3.8, 4) is 0 Å². The molecule has 1 saturated carbocycles. The quantitative estimate of drug-likeness (QED) is 0.669. The van der Waals surface area contributed by atoms with Crippen LogP contribution in [0, 0.1) is 5.92 Å². The Hall–Kier alpha value is -1.26. The summed E-state index contributed by atoms with van der Waals surface area (Å²) in [6.07, 6.45) is 1.82. The van der Waals surface area contributed by atoms with Gasteiger partial charge in [0, 0.05) is 25.0 Å². The molecule has 14 heavy (non-hydrogen) atoms. The van der Waals surface area contributed by atoms with E-state index in [1.807, 2.05) is 0 Å². The molecule has 1 unspecified atom stereocenters. The van der Waals surface area contributed by atoms with Crippen molar-refractivity contribution in [1.29, 1.82) is 0 Å². The van der Waals surface area contributed by atoms with Gasteiger partial charge in [0.15, 0.2) is 0 Å². The molecule has 0 aromatic carbocycles. The van der Waals surface area contributed by atoms with Crippen molar-refractivity contribution in [3.63, 3.8) is 0 Å². The number of hydrogen-bond acceptors (Lipinski definition) is 2. The monoisotopic (exact) mass is 198 g/mol. The van der Waals surface area contributed by atoms with E-state index in [1.165, 1.54) is 4.90 Å². The molecule has 78 valence electrons. The standard InChI is InChI=1S/C9H14N2O3/c12-8(6-1-2-6)10-7-3-4-11(5-7)9(13)14/h6-7H,1-5H2,(H,10,12)(H,13,14). The first-order valence-electron chi connectivity index (χ1n) is 4.95. The number of amides is 2. The van der Waals surface area contributed by atoms with Crippen LogP contribution in [-0.2, 0) is 4.79 Å². The minimum Gasteiger partial charge on any atom is -0.465 e. The number of likely N-dealkylation sites (tertiary alicyclic amines) is 1. The van der Waals surface area contributed by atoms with Gasteiger partial charge in [0.05, 0.1) is 0 Å². The average Bonchev–Trinajstić information content (AvgIpc) is 2.87. The number of carbonyl (C=O) groups is 2. The molecule has 1 atom stereocenters. The first-order chi connectivity index (χ1) is 6.66. The highest BCUT2D eigenvalue weighted by atomic mass is 16.4. The molecule has 2 aliphatic rings. The molecule has 0 aromatic heterocycles. The lowest BCUT2D eigenvalue weighted by atomic mass is 10.2. The number of nitrogens with zero attached hydrogens (tertiary/aromatic N) is 1. The summed E-state index contributed by atoms with van der Waals surface area (Å²) in [5.74, 6) is 0.302. The fourth-order valence-corrected chi connectivity index (χ4v) is 1.72. The van der Waals surface area contributed by atoms with Gasteiger partial charge < -0.3 is 15.3 Å². The Labute approximate surface area is 82.1 Å². The third-order valence-electron chi connectivity index (χ3n) is 2.75. The SMILES string of the molecule is O=C(NC1CCN(C(=O)O)C1)C1CC1. The number of rotatable bonds is 2. The second-order valence-corrected chi connectivity index (χ2v) is 4.00. The second kappa shape index (κ2) is 3.48. The fraction of sp³-hybridized carbons (Fsp3) is 0.778. The predicted molar refractivity (Wildman–Crippen MR) is 48.9 cm³/mol. The lowest BCUT2D eigenvalue weighted by molar-refractivity contribution is -0.122. The number of carbonyl (C=O) groups excluding carboxylic acids is 1. The maximum atomic E-state index is 11.4. The second-order valence-electron chi connectivity index (χ2n) is 4.00. The zero-order valence-electron chi connectivity index (χ0n) is 7.90. The Morgan fingerprint density at radius 3 is 2.50 bits per heavy atom. The Kier molecular flexibility index (Phi) is 2.31. The van der Waals surface area contributed by atoms with Crippen LogP contribution in [-0.4, -0.2) is 41.1 Å². The molecule has 1 saturated heterocycles. The molecule has 5 heteroatoms. The molecule has 2 N–H and O–H groups in total. The van der Waals surface area contributed by atoms with Crippen LogP contribution in [0.3, 0.4) is 0 Å². The van der Waals surface area contributed by atoms with E-state index in [1.54, 1.807) is 0 Å². The highest BCUT2D eigenvalue weighted by molar-refractivity contribution is 5.81. The maximum absolute atomic E-state index is 11.4. The van der Waals surface area contributed by atoms with Crippen LogP contribution in [0.5, 0.6) is 0 Å². The number of carboxylic acid groups (broad SMARTS) is 1. The topological polar surface area (TPSA) is 69.6 Å². The van der Waals surface area contributed by atoms with Gasteiger partial charge in [0.1, 0.15) is 0 Å². The van der Waals surface area contributed by atoms with E-state index in [0.29, 0.717) is 13.1 Å². The van der Waals surface area contributed by atoms with Crippen LogP contribution in [0.15, 0.2) is 0 Å². The fourth-order valence-electron chi connectivity index (χ4n) is 1.72. The van der Waals surface area contributed by atoms with Crippen LogP contribution in [0.25, 0.3) is 0 Å². The summed E-state index contributed by atoms with van der Waals surface area (Å²) in [5.41, 5.74) is 0. The summed E-state index contributed by atoms with van der Waals surface area (Å²) in [4.78, 5) is 23.3. The van der Waals surface area contributed by atoms with E-state index in [0.717, 1.165) is 19.3 Å². The Morgan fingerprint density at radius 2 is 2.00 bits per heavy atom. The molecule has 0 bridgehead atoms. The van der Waals surface area contributed by atoms with Crippen molar-refractivity contribution in [2.75, 3.05) is 13.1 Å². The van der Waals surface area contributed by atoms with Crippen LogP contribution in [0.1, 0.15) is 19.3 Å². The van der Waals surface area contributed by atoms with E-state index in [4.69, 9.17) is 5.11 Å². The molecular weight excluding hydrogens is 184 g/mol. The van der Waals surface area contributed by atoms with E-state index in [-0.39, 0.29) is 17.9 Å². The Bertz CT molecular complexity index is 263. The maximum Gasteiger partial charge on any atom is 0.407 e. The summed E-state index contributed by atoms with van der Waals surface area (Å²) in [5, 5.41) is 11.6. The molecule has 1 heterocycles. The Morgan fingerprint density at radius 1 is 1.29 bits per heavy atom. The smallest absolute Gasteiger partial charge is 0.407 e. The van der Waals surface area contributed by atoms with Gasteiger partial charge in [-0.25, -0.2) is 4.79 Å². The molecule has 5 nitrogen and oxygen atoms in total. The highest BCUT2D eigenvalue weighted by Crippen LogP contribution is 2.29. The van der Waals surface area contributed by atoms with Gasteiger partial charge in [-0.05, 0) is 19.3 Å². The van der Waals surface area contributed by atoms with E-state index in [9.17, 15) is 9.59 Å². The van der Waals surface area contributed by atoms with Gasteiger partial charge in [-0.1, -0.05) is 0 Å². The van der Waals surface area contributed by atoms with Crippen molar-refractivity contribution in [2.45, 2.75) is 25.3 Å². The van der Waals surface area contributed by atoms with Crippen molar-refractivity contribution in [2.24, 2.45) is 5.92 Å².